The highest BCUT2D eigenvalue weighted by atomic mass is 19.1. The molecule has 0 unspecified atom stereocenters. The average Bonchev–Trinajstić information content (AvgIpc) is 2.27. The van der Waals surface area contributed by atoms with Crippen LogP contribution in [-0.2, 0) is 0 Å². The maximum atomic E-state index is 13.4. The molecule has 1 amide bonds. The van der Waals surface area contributed by atoms with Crippen molar-refractivity contribution in [1.82, 2.24) is 10.3 Å². The van der Waals surface area contributed by atoms with Gasteiger partial charge in [0.2, 0.25) is 0 Å². The number of nitrogens with one attached hydrogen (secondary N) is 1. The molecule has 1 fully saturated rings. The number of ether oxygens (including phenoxy) is 1. The van der Waals surface area contributed by atoms with E-state index in [0.29, 0.717) is 12.8 Å². The topological polar surface area (TPSA) is 95.2 Å². The number of hydrogen-bond donors (Lipinski definition) is 2. The van der Waals surface area contributed by atoms with E-state index in [-0.39, 0.29) is 23.6 Å². The predicted octanol–water partition coefficient (Wildman–Crippen LogP) is 1.27. The monoisotopic (exact) mass is 251 g/mol. The fourth-order valence-electron chi connectivity index (χ4n) is 1.71. The number of amides is 1. The highest BCUT2D eigenvalue weighted by Crippen LogP contribution is 2.27. The van der Waals surface area contributed by atoms with Crippen LogP contribution in [0.2, 0.25) is 0 Å². The van der Waals surface area contributed by atoms with Crippen LogP contribution in [0.3, 0.4) is 0 Å². The zero-order chi connectivity index (χ0) is 13.1. The van der Waals surface area contributed by atoms with Gasteiger partial charge in [-0.25, -0.2) is 9.78 Å². The quantitative estimate of drug-likeness (QED) is 0.789. The summed E-state index contributed by atoms with van der Waals surface area (Å²) >= 11 is 0. The zero-order valence-electron chi connectivity index (χ0n) is 9.26. The second-order valence-electron chi connectivity index (χ2n) is 3.95. The van der Waals surface area contributed by atoms with Gasteiger partial charge in [0.05, 0.1) is 0 Å². The third-order valence-corrected chi connectivity index (χ3v) is 2.65. The fraction of sp³-hybridized carbons (Fsp3) is 0.364. The average molecular weight is 251 g/mol. The highest BCUT2D eigenvalue weighted by molar-refractivity contribution is 5.65. The van der Waals surface area contributed by atoms with Crippen molar-refractivity contribution < 1.29 is 19.0 Å². The largest absolute Gasteiger partial charge is 0.485 e. The Morgan fingerprint density at radius 3 is 2.89 bits per heavy atom. The molecule has 2 N–H and O–H groups in total. The zero-order valence-corrected chi connectivity index (χ0v) is 9.26. The molecule has 0 radical (unpaired) electrons. The van der Waals surface area contributed by atoms with Gasteiger partial charge in [0.25, 0.3) is 5.95 Å². The van der Waals surface area contributed by atoms with Crippen molar-refractivity contribution in [1.29, 1.82) is 5.26 Å². The second kappa shape index (κ2) is 4.87. The first-order valence-electron chi connectivity index (χ1n) is 5.31. The van der Waals surface area contributed by atoms with E-state index in [1.54, 1.807) is 6.07 Å². The molecule has 0 spiro atoms. The molecule has 7 heteroatoms. The lowest BCUT2D eigenvalue weighted by Gasteiger charge is -2.34. The highest BCUT2D eigenvalue weighted by Gasteiger charge is 2.32. The third-order valence-electron chi connectivity index (χ3n) is 2.65. The van der Waals surface area contributed by atoms with Crippen molar-refractivity contribution in [3.05, 3.63) is 23.8 Å². The second-order valence-corrected chi connectivity index (χ2v) is 3.95. The first kappa shape index (κ1) is 12.1. The van der Waals surface area contributed by atoms with E-state index < -0.39 is 12.0 Å². The van der Waals surface area contributed by atoms with Crippen LogP contribution in [0, 0.1) is 17.3 Å². The summed E-state index contributed by atoms with van der Waals surface area (Å²) in [6.07, 6.45) is -0.326. The summed E-state index contributed by atoms with van der Waals surface area (Å²) in [6.45, 7) is 0. The first-order chi connectivity index (χ1) is 8.58. The van der Waals surface area contributed by atoms with Gasteiger partial charge >= 0.3 is 6.09 Å². The van der Waals surface area contributed by atoms with Gasteiger partial charge in [0, 0.05) is 18.9 Å². The van der Waals surface area contributed by atoms with Crippen molar-refractivity contribution in [2.75, 3.05) is 0 Å². The van der Waals surface area contributed by atoms with Gasteiger partial charge in [-0.1, -0.05) is 0 Å². The Labute approximate surface area is 102 Å². The molecule has 1 aliphatic rings. The summed E-state index contributed by atoms with van der Waals surface area (Å²) in [5.74, 6) is -0.850. The fourth-order valence-corrected chi connectivity index (χ4v) is 1.71. The molecule has 1 heterocycles. The molecule has 94 valence electrons. The maximum absolute atomic E-state index is 13.4. The van der Waals surface area contributed by atoms with Gasteiger partial charge in [-0.2, -0.15) is 9.65 Å². The molecule has 1 aromatic rings. The Morgan fingerprint density at radius 2 is 2.33 bits per heavy atom. The van der Waals surface area contributed by atoms with Crippen LogP contribution in [0.1, 0.15) is 18.5 Å². The molecule has 0 saturated heterocycles. The molecule has 1 aromatic heterocycles. The summed E-state index contributed by atoms with van der Waals surface area (Å²) in [7, 11) is 0. The Balaban J connectivity index is 1.89. The van der Waals surface area contributed by atoms with Crippen LogP contribution < -0.4 is 10.1 Å². The van der Waals surface area contributed by atoms with E-state index >= 15 is 0 Å². The van der Waals surface area contributed by atoms with Crippen molar-refractivity contribution in [3.8, 4) is 11.8 Å². The van der Waals surface area contributed by atoms with Gasteiger partial charge in [0.15, 0.2) is 5.75 Å². The lowest BCUT2D eigenvalue weighted by molar-refractivity contribution is 0.0788. The summed E-state index contributed by atoms with van der Waals surface area (Å²) in [4.78, 5) is 13.7. The van der Waals surface area contributed by atoms with E-state index in [4.69, 9.17) is 15.1 Å². The van der Waals surface area contributed by atoms with E-state index in [1.165, 1.54) is 12.1 Å². The molecule has 18 heavy (non-hydrogen) atoms. The number of halogens is 1. The normalized spacial score (nSPS) is 21.6. The van der Waals surface area contributed by atoms with Crippen molar-refractivity contribution in [2.24, 2.45) is 0 Å². The number of pyridine rings is 1. The number of carboxylic acid groups (broad SMARTS) is 1. The number of rotatable bonds is 3. The van der Waals surface area contributed by atoms with Crippen LogP contribution in [-0.4, -0.2) is 28.3 Å². The molecule has 0 atom stereocenters. The molecule has 6 nitrogen and oxygen atoms in total. The van der Waals surface area contributed by atoms with Gasteiger partial charge in [-0.15, -0.1) is 0 Å². The summed E-state index contributed by atoms with van der Waals surface area (Å²) in [5, 5.41) is 19.3. The van der Waals surface area contributed by atoms with Crippen LogP contribution in [0.25, 0.3) is 0 Å². The van der Waals surface area contributed by atoms with Gasteiger partial charge < -0.3 is 15.2 Å². The number of nitrogens with zero attached hydrogens (tertiary/aromatic N) is 2. The third kappa shape index (κ3) is 2.66. The van der Waals surface area contributed by atoms with Crippen molar-refractivity contribution in [3.63, 3.8) is 0 Å². The van der Waals surface area contributed by atoms with E-state index in [0.717, 1.165) is 0 Å². The molecule has 0 bridgehead atoms. The standard InChI is InChI=1S/C11H10FN3O3/c12-10-9(2-1-6(5-13)14-10)18-8-3-7(4-8)15-11(16)17/h1-2,7-8,15H,3-4H2,(H,16,17)/t7-,8-. The summed E-state index contributed by atoms with van der Waals surface area (Å²) < 4.78 is 18.7. The minimum Gasteiger partial charge on any atom is -0.485 e. The predicted molar refractivity (Wildman–Crippen MR) is 57.5 cm³/mol. The smallest absolute Gasteiger partial charge is 0.404 e. The molecular formula is C11H10FN3O3. The van der Waals surface area contributed by atoms with Crippen LogP contribution in [0.15, 0.2) is 12.1 Å². The lowest BCUT2D eigenvalue weighted by atomic mass is 9.89. The minimum absolute atomic E-state index is 0.0149. The van der Waals surface area contributed by atoms with Crippen LogP contribution in [0.4, 0.5) is 9.18 Å². The van der Waals surface area contributed by atoms with Crippen LogP contribution in [0.5, 0.6) is 5.75 Å². The Hall–Kier alpha value is -2.36. The van der Waals surface area contributed by atoms with Crippen molar-refractivity contribution in [2.45, 2.75) is 25.0 Å². The van der Waals surface area contributed by atoms with E-state index in [9.17, 15) is 9.18 Å². The minimum atomic E-state index is -1.08. The van der Waals surface area contributed by atoms with E-state index in [2.05, 4.69) is 10.3 Å². The Bertz CT molecular complexity index is 509. The molecule has 1 saturated carbocycles. The molecule has 0 aromatic carbocycles. The lowest BCUT2D eigenvalue weighted by Crippen LogP contribution is -2.48. The summed E-state index contributed by atoms with van der Waals surface area (Å²) in [5.41, 5.74) is -0.0149. The Morgan fingerprint density at radius 1 is 1.61 bits per heavy atom. The first-order valence-corrected chi connectivity index (χ1v) is 5.31. The van der Waals surface area contributed by atoms with E-state index in [1.807, 2.05) is 0 Å². The maximum Gasteiger partial charge on any atom is 0.404 e. The SMILES string of the molecule is N#Cc1ccc(O[C@H]2C[C@H](NC(=O)O)C2)c(F)n1. The molecule has 0 aliphatic heterocycles. The van der Waals surface area contributed by atoms with Crippen molar-refractivity contribution >= 4 is 6.09 Å². The molecular weight excluding hydrogens is 241 g/mol. The Kier molecular flexibility index (Phi) is 3.28. The number of nitriles is 1. The van der Waals surface area contributed by atoms with Gasteiger partial charge in [0.1, 0.15) is 17.9 Å². The number of carbonyl (C=O) groups is 1. The molecule has 1 aliphatic carbocycles. The summed E-state index contributed by atoms with van der Waals surface area (Å²) in [6, 6.07) is 4.28. The number of hydrogen-bond acceptors (Lipinski definition) is 4. The number of aromatic nitrogens is 1. The molecule has 2 rings (SSSR count). The van der Waals surface area contributed by atoms with Gasteiger partial charge in [-0.3, -0.25) is 0 Å². The van der Waals surface area contributed by atoms with Crippen LogP contribution >= 0.6 is 0 Å². The van der Waals surface area contributed by atoms with Gasteiger partial charge in [-0.05, 0) is 12.1 Å².